The Balaban J connectivity index is 2.79. The first-order chi connectivity index (χ1) is 5.04. The second-order valence-electron chi connectivity index (χ2n) is 2.16. The van der Waals surface area contributed by atoms with Crippen molar-refractivity contribution in [3.05, 3.63) is 0 Å². The van der Waals surface area contributed by atoms with Gasteiger partial charge in [0.15, 0.2) is 0 Å². The molecule has 0 aromatic heterocycles. The van der Waals surface area contributed by atoms with Crippen LogP contribution in [0.5, 0.6) is 0 Å². The Bertz CT molecular complexity index is 205. The summed E-state index contributed by atoms with van der Waals surface area (Å²) in [5, 5.41) is 8.87. The van der Waals surface area contributed by atoms with Gasteiger partial charge in [0.1, 0.15) is 0 Å². The summed E-state index contributed by atoms with van der Waals surface area (Å²) in [4.78, 5) is 23.3. The Morgan fingerprint density at radius 2 is 2.00 bits per heavy atom. The van der Waals surface area contributed by atoms with Crippen LogP contribution >= 0.6 is 0 Å². The molecule has 0 bridgehead atoms. The molecule has 1 heterocycles. The Kier molecular flexibility index (Phi) is 1.69. The maximum Gasteiger partial charge on any atom is 0.421 e. The lowest BCUT2D eigenvalue weighted by Crippen LogP contribution is -2.54. The predicted molar refractivity (Wildman–Crippen MR) is 33.4 cm³/mol. The van der Waals surface area contributed by atoms with E-state index in [4.69, 9.17) is 5.11 Å². The molecule has 1 N–H and O–H groups in total. The van der Waals surface area contributed by atoms with Gasteiger partial charge in [-0.25, -0.2) is 14.5 Å². The third kappa shape index (κ3) is 1.12. The van der Waals surface area contributed by atoms with Crippen LogP contribution in [0.1, 0.15) is 0 Å². The molecule has 62 valence electrons. The van der Waals surface area contributed by atoms with Gasteiger partial charge in [-0.3, -0.25) is 4.90 Å². The highest BCUT2D eigenvalue weighted by Crippen LogP contribution is 2.09. The molecule has 1 fully saturated rings. The largest absolute Gasteiger partial charge is 0.421 e. The Labute approximate surface area is 62.9 Å². The highest BCUT2D eigenvalue weighted by molar-refractivity contribution is 5.92. The average Bonchev–Trinajstić information content (AvgIpc) is 1.97. The van der Waals surface area contributed by atoms with Crippen molar-refractivity contribution in [3.8, 4) is 0 Å². The van der Waals surface area contributed by atoms with Gasteiger partial charge in [0, 0.05) is 14.1 Å². The molecule has 1 saturated heterocycles. The van der Waals surface area contributed by atoms with Crippen LogP contribution < -0.4 is 0 Å². The molecule has 6 heteroatoms. The number of aliphatic hydroxyl groups excluding tert-OH is 1. The van der Waals surface area contributed by atoms with Crippen LogP contribution in [0.15, 0.2) is 0 Å². The van der Waals surface area contributed by atoms with Gasteiger partial charge in [0.25, 0.3) is 6.41 Å². The summed E-state index contributed by atoms with van der Waals surface area (Å²) in [5.74, 6) is 0. The van der Waals surface area contributed by atoms with Gasteiger partial charge < -0.3 is 9.84 Å². The summed E-state index contributed by atoms with van der Waals surface area (Å²) in [6, 6.07) is -0.589. The minimum absolute atomic E-state index is 0.589. The standard InChI is InChI=1S/C5H8N2O4/c1-6-3(8)7(2)5(10)11-4(6)9/h4,9H,1-2H3. The van der Waals surface area contributed by atoms with Crippen molar-refractivity contribution in [1.29, 1.82) is 0 Å². The van der Waals surface area contributed by atoms with Gasteiger partial charge in [0.05, 0.1) is 0 Å². The number of carbonyl (C=O) groups excluding carboxylic acids is 2. The van der Waals surface area contributed by atoms with Gasteiger partial charge in [-0.15, -0.1) is 0 Å². The minimum atomic E-state index is -1.47. The smallest absolute Gasteiger partial charge is 0.399 e. The van der Waals surface area contributed by atoms with Crippen LogP contribution in [-0.2, 0) is 4.74 Å². The summed E-state index contributed by atoms with van der Waals surface area (Å²) < 4.78 is 4.33. The summed E-state index contributed by atoms with van der Waals surface area (Å²) >= 11 is 0. The average molecular weight is 160 g/mol. The van der Waals surface area contributed by atoms with Crippen LogP contribution in [0, 0.1) is 0 Å². The van der Waals surface area contributed by atoms with E-state index in [1.807, 2.05) is 0 Å². The first-order valence-electron chi connectivity index (χ1n) is 2.93. The van der Waals surface area contributed by atoms with Gasteiger partial charge in [-0.1, -0.05) is 0 Å². The molecule has 1 aliphatic rings. The van der Waals surface area contributed by atoms with E-state index in [-0.39, 0.29) is 0 Å². The molecule has 11 heavy (non-hydrogen) atoms. The number of imide groups is 1. The van der Waals surface area contributed by atoms with Gasteiger partial charge in [-0.05, 0) is 0 Å². The van der Waals surface area contributed by atoms with Crippen molar-refractivity contribution < 1.29 is 19.4 Å². The topological polar surface area (TPSA) is 70.1 Å². The van der Waals surface area contributed by atoms with Crippen molar-refractivity contribution in [2.75, 3.05) is 14.1 Å². The SMILES string of the molecule is CN1C(=O)OC(O)N(C)C1=O. The molecule has 0 spiro atoms. The number of nitrogens with zero attached hydrogens (tertiary/aromatic N) is 2. The van der Waals surface area contributed by atoms with E-state index < -0.39 is 18.5 Å². The van der Waals surface area contributed by atoms with E-state index in [0.717, 1.165) is 9.80 Å². The van der Waals surface area contributed by atoms with Crippen LogP contribution in [-0.4, -0.2) is 47.5 Å². The summed E-state index contributed by atoms with van der Waals surface area (Å²) in [7, 11) is 2.60. The number of hydrogen-bond acceptors (Lipinski definition) is 4. The highest BCUT2D eigenvalue weighted by atomic mass is 16.7. The molecule has 6 nitrogen and oxygen atoms in total. The Morgan fingerprint density at radius 1 is 1.45 bits per heavy atom. The fourth-order valence-electron chi connectivity index (χ4n) is 0.657. The summed E-state index contributed by atoms with van der Waals surface area (Å²) in [6.45, 7) is 0. The lowest BCUT2D eigenvalue weighted by molar-refractivity contribution is -0.150. The normalized spacial score (nSPS) is 25.5. The van der Waals surface area contributed by atoms with Crippen molar-refractivity contribution >= 4 is 12.1 Å². The van der Waals surface area contributed by atoms with E-state index in [2.05, 4.69) is 4.74 Å². The number of urea groups is 1. The Morgan fingerprint density at radius 3 is 2.55 bits per heavy atom. The van der Waals surface area contributed by atoms with E-state index in [9.17, 15) is 9.59 Å². The van der Waals surface area contributed by atoms with Crippen molar-refractivity contribution in [1.82, 2.24) is 9.80 Å². The fraction of sp³-hybridized carbons (Fsp3) is 0.600. The van der Waals surface area contributed by atoms with Gasteiger partial charge in [-0.2, -0.15) is 0 Å². The second kappa shape index (κ2) is 2.39. The predicted octanol–water partition coefficient (Wildman–Crippen LogP) is -0.604. The number of hydrogen-bond donors (Lipinski definition) is 1. The molecule has 1 rings (SSSR count). The molecule has 0 aliphatic carbocycles. The molecular formula is C5H8N2O4. The first kappa shape index (κ1) is 7.80. The number of rotatable bonds is 0. The van der Waals surface area contributed by atoms with Crippen molar-refractivity contribution in [2.24, 2.45) is 0 Å². The van der Waals surface area contributed by atoms with Gasteiger partial charge in [0.2, 0.25) is 0 Å². The van der Waals surface area contributed by atoms with Crippen LogP contribution in [0.3, 0.4) is 0 Å². The molecule has 3 amide bonds. The molecule has 0 saturated carbocycles. The minimum Gasteiger partial charge on any atom is -0.399 e. The highest BCUT2D eigenvalue weighted by Gasteiger charge is 2.34. The maximum absolute atomic E-state index is 10.9. The van der Waals surface area contributed by atoms with Gasteiger partial charge >= 0.3 is 12.1 Å². The zero-order chi connectivity index (χ0) is 8.59. The molecule has 0 radical (unpaired) electrons. The summed E-state index contributed by atoms with van der Waals surface area (Å²) in [5.41, 5.74) is 0. The lowest BCUT2D eigenvalue weighted by atomic mass is 10.6. The number of cyclic esters (lactones) is 1. The third-order valence-electron chi connectivity index (χ3n) is 1.40. The van der Waals surface area contributed by atoms with Crippen molar-refractivity contribution in [2.45, 2.75) is 6.41 Å². The monoisotopic (exact) mass is 160 g/mol. The van der Waals surface area contributed by atoms with E-state index in [1.165, 1.54) is 14.1 Å². The number of carbonyl (C=O) groups is 2. The number of ether oxygens (including phenoxy) is 1. The number of amides is 3. The third-order valence-corrected chi connectivity index (χ3v) is 1.40. The van der Waals surface area contributed by atoms with E-state index in [0.29, 0.717) is 0 Å². The zero-order valence-electron chi connectivity index (χ0n) is 6.14. The second-order valence-corrected chi connectivity index (χ2v) is 2.16. The van der Waals surface area contributed by atoms with Crippen molar-refractivity contribution in [3.63, 3.8) is 0 Å². The molecule has 1 atom stereocenters. The molecule has 1 unspecified atom stereocenters. The molecule has 1 aliphatic heterocycles. The molecule has 0 aromatic carbocycles. The van der Waals surface area contributed by atoms with Crippen LogP contribution in [0.4, 0.5) is 9.59 Å². The van der Waals surface area contributed by atoms with Crippen LogP contribution in [0.25, 0.3) is 0 Å². The quantitative estimate of drug-likeness (QED) is 0.513. The van der Waals surface area contributed by atoms with Crippen LogP contribution in [0.2, 0.25) is 0 Å². The van der Waals surface area contributed by atoms with E-state index in [1.54, 1.807) is 0 Å². The lowest BCUT2D eigenvalue weighted by Gasteiger charge is -2.32. The molecule has 0 aromatic rings. The summed E-state index contributed by atoms with van der Waals surface area (Å²) in [6.07, 6.45) is -2.31. The zero-order valence-corrected chi connectivity index (χ0v) is 6.14. The number of aliphatic hydroxyl groups is 1. The maximum atomic E-state index is 10.9. The fourth-order valence-corrected chi connectivity index (χ4v) is 0.657. The molecular weight excluding hydrogens is 152 g/mol. The Hall–Kier alpha value is -1.30. The van der Waals surface area contributed by atoms with E-state index >= 15 is 0 Å². The first-order valence-corrected chi connectivity index (χ1v) is 2.93.